The summed E-state index contributed by atoms with van der Waals surface area (Å²) in [5.41, 5.74) is 8.02. The van der Waals surface area contributed by atoms with Gasteiger partial charge in [0.1, 0.15) is 0 Å². The molecule has 0 bridgehead atoms. The summed E-state index contributed by atoms with van der Waals surface area (Å²) in [4.78, 5) is 7.15. The first-order chi connectivity index (χ1) is 17.6. The van der Waals surface area contributed by atoms with Gasteiger partial charge in [0.25, 0.3) is 0 Å². The molecule has 0 radical (unpaired) electrons. The number of pyridine rings is 1. The van der Waals surface area contributed by atoms with Gasteiger partial charge in [-0.15, -0.1) is 0 Å². The van der Waals surface area contributed by atoms with Gasteiger partial charge >= 0.3 is 0 Å². The van der Waals surface area contributed by atoms with E-state index in [2.05, 4.69) is 122 Å². The molecule has 0 spiro atoms. The van der Waals surface area contributed by atoms with Crippen molar-refractivity contribution in [3.8, 4) is 22.3 Å². The molecule has 36 heavy (non-hydrogen) atoms. The molecule has 0 unspecified atom stereocenters. The fraction of sp³-hybridized carbons (Fsp3) is 0.0882. The molecule has 0 saturated carbocycles. The Kier molecular flexibility index (Phi) is 4.80. The second kappa shape index (κ2) is 8.08. The second-order valence-electron chi connectivity index (χ2n) is 9.99. The fourth-order valence-corrected chi connectivity index (χ4v) is 7.19. The first-order valence-electron chi connectivity index (χ1n) is 12.4. The van der Waals surface area contributed by atoms with Crippen molar-refractivity contribution < 1.29 is 0 Å². The molecule has 1 aromatic heterocycles. The number of fused-ring (bicyclic) bond motifs is 5. The van der Waals surface area contributed by atoms with Crippen molar-refractivity contribution in [1.29, 1.82) is 0 Å². The normalized spacial score (nSPS) is 13.6. The molecule has 1 heterocycles. The Labute approximate surface area is 215 Å². The van der Waals surface area contributed by atoms with Crippen LogP contribution in [-0.2, 0) is 5.41 Å². The fourth-order valence-electron chi connectivity index (χ4n) is 5.92. The minimum atomic E-state index is -0.00623. The van der Waals surface area contributed by atoms with Crippen LogP contribution in [0.1, 0.15) is 25.0 Å². The van der Waals surface area contributed by atoms with E-state index in [1.165, 1.54) is 64.7 Å². The van der Waals surface area contributed by atoms with Gasteiger partial charge in [0.15, 0.2) is 0 Å². The summed E-state index contributed by atoms with van der Waals surface area (Å²) in [6, 6.07) is 37.4. The third-order valence-corrected chi connectivity index (χ3v) is 8.82. The molecule has 0 atom stereocenters. The number of hydrogen-bond acceptors (Lipinski definition) is 2. The zero-order valence-electron chi connectivity index (χ0n) is 20.3. The topological polar surface area (TPSA) is 12.9 Å². The highest BCUT2D eigenvalue weighted by molar-refractivity contribution is 8.00. The zero-order chi connectivity index (χ0) is 24.3. The minimum absolute atomic E-state index is 0.00623. The van der Waals surface area contributed by atoms with E-state index in [9.17, 15) is 0 Å². The molecule has 0 fully saturated rings. The van der Waals surface area contributed by atoms with E-state index in [1.807, 2.05) is 24.2 Å². The lowest BCUT2D eigenvalue weighted by Gasteiger charge is -2.21. The van der Waals surface area contributed by atoms with Gasteiger partial charge in [-0.05, 0) is 61.7 Å². The maximum absolute atomic E-state index is 4.55. The third kappa shape index (κ3) is 3.08. The van der Waals surface area contributed by atoms with Crippen LogP contribution < -0.4 is 0 Å². The van der Waals surface area contributed by atoms with E-state index in [1.54, 1.807) is 0 Å². The molecule has 0 saturated heterocycles. The summed E-state index contributed by atoms with van der Waals surface area (Å²) < 4.78 is 0. The molecule has 1 aliphatic carbocycles. The Morgan fingerprint density at radius 3 is 2.14 bits per heavy atom. The Bertz CT molecular complexity index is 1730. The van der Waals surface area contributed by atoms with Gasteiger partial charge in [-0.25, -0.2) is 0 Å². The van der Waals surface area contributed by atoms with Gasteiger partial charge < -0.3 is 0 Å². The Morgan fingerprint density at radius 2 is 1.28 bits per heavy atom. The van der Waals surface area contributed by atoms with Crippen LogP contribution in [0, 0.1) is 0 Å². The predicted molar refractivity (Wildman–Crippen MR) is 153 cm³/mol. The summed E-state index contributed by atoms with van der Waals surface area (Å²) in [6.07, 6.45) is 3.95. The lowest BCUT2D eigenvalue weighted by Crippen LogP contribution is -2.14. The van der Waals surface area contributed by atoms with Crippen molar-refractivity contribution in [1.82, 2.24) is 4.98 Å². The first kappa shape index (κ1) is 21.4. The summed E-state index contributed by atoms with van der Waals surface area (Å²) in [7, 11) is 0. The standard InChI is InChI=1S/C34H25NS/c1-34(2)28-16-9-8-15-26(28)32-29(34)17-10-18-30(32)36-33-24-14-7-6-13-23(24)31(22-11-4-3-5-12-22)27-21-35-20-19-25(27)33/h3-21H,1-2H3. The van der Waals surface area contributed by atoms with Crippen LogP contribution in [-0.4, -0.2) is 4.98 Å². The molecule has 1 nitrogen and oxygen atoms in total. The van der Waals surface area contributed by atoms with Gasteiger partial charge in [-0.1, -0.05) is 117 Å². The first-order valence-corrected chi connectivity index (χ1v) is 13.2. The molecule has 172 valence electrons. The van der Waals surface area contributed by atoms with Crippen LogP contribution in [0.15, 0.2) is 125 Å². The highest BCUT2D eigenvalue weighted by Crippen LogP contribution is 2.54. The van der Waals surface area contributed by atoms with Crippen molar-refractivity contribution >= 4 is 33.3 Å². The molecule has 7 rings (SSSR count). The Hall–Kier alpha value is -3.88. The van der Waals surface area contributed by atoms with E-state index in [-0.39, 0.29) is 5.41 Å². The van der Waals surface area contributed by atoms with Crippen molar-refractivity contribution in [3.63, 3.8) is 0 Å². The van der Waals surface area contributed by atoms with E-state index in [0.29, 0.717) is 0 Å². The van der Waals surface area contributed by atoms with E-state index in [0.717, 1.165) is 0 Å². The molecule has 0 aliphatic heterocycles. The lowest BCUT2D eigenvalue weighted by atomic mass is 9.82. The third-order valence-electron chi connectivity index (χ3n) is 7.62. The number of benzene rings is 5. The van der Waals surface area contributed by atoms with Gasteiger partial charge in [-0.2, -0.15) is 0 Å². The van der Waals surface area contributed by atoms with Crippen LogP contribution in [0.3, 0.4) is 0 Å². The van der Waals surface area contributed by atoms with Crippen molar-refractivity contribution in [3.05, 3.63) is 127 Å². The summed E-state index contributed by atoms with van der Waals surface area (Å²) in [5.74, 6) is 0. The molecule has 6 aromatic rings. The van der Waals surface area contributed by atoms with Crippen LogP contribution in [0.5, 0.6) is 0 Å². The Morgan fingerprint density at radius 1 is 0.583 bits per heavy atom. The average Bonchev–Trinajstić information content (AvgIpc) is 3.16. The molecule has 0 amide bonds. The molecular formula is C34H25NS. The van der Waals surface area contributed by atoms with Crippen molar-refractivity contribution in [2.45, 2.75) is 29.1 Å². The number of nitrogens with zero attached hydrogens (tertiary/aromatic N) is 1. The van der Waals surface area contributed by atoms with Gasteiger partial charge in [0.2, 0.25) is 0 Å². The maximum atomic E-state index is 4.55. The average molecular weight is 480 g/mol. The van der Waals surface area contributed by atoms with E-state index >= 15 is 0 Å². The van der Waals surface area contributed by atoms with Gasteiger partial charge in [0.05, 0.1) is 0 Å². The van der Waals surface area contributed by atoms with Gasteiger partial charge in [0, 0.05) is 33.0 Å². The van der Waals surface area contributed by atoms with Crippen LogP contribution >= 0.6 is 11.8 Å². The number of hydrogen-bond donors (Lipinski definition) is 0. The van der Waals surface area contributed by atoms with E-state index < -0.39 is 0 Å². The zero-order valence-corrected chi connectivity index (χ0v) is 21.1. The number of rotatable bonds is 3. The molecule has 1 aliphatic rings. The van der Waals surface area contributed by atoms with E-state index in [4.69, 9.17) is 0 Å². The quantitative estimate of drug-likeness (QED) is 0.234. The van der Waals surface area contributed by atoms with Crippen LogP contribution in [0.25, 0.3) is 43.8 Å². The highest BCUT2D eigenvalue weighted by Gasteiger charge is 2.36. The second-order valence-corrected chi connectivity index (χ2v) is 11.0. The van der Waals surface area contributed by atoms with Crippen LogP contribution in [0.4, 0.5) is 0 Å². The minimum Gasteiger partial charge on any atom is -0.264 e. The summed E-state index contributed by atoms with van der Waals surface area (Å²) >= 11 is 1.89. The molecule has 5 aromatic carbocycles. The maximum Gasteiger partial charge on any atom is 0.0353 e. The van der Waals surface area contributed by atoms with Crippen molar-refractivity contribution in [2.75, 3.05) is 0 Å². The predicted octanol–water partition coefficient (Wildman–Crippen LogP) is 9.51. The highest BCUT2D eigenvalue weighted by atomic mass is 32.2. The molecule has 0 N–H and O–H groups in total. The van der Waals surface area contributed by atoms with Gasteiger partial charge in [-0.3, -0.25) is 4.98 Å². The molecular weight excluding hydrogens is 454 g/mol. The molecule has 2 heteroatoms. The van der Waals surface area contributed by atoms with Crippen LogP contribution in [0.2, 0.25) is 0 Å². The van der Waals surface area contributed by atoms with Crippen molar-refractivity contribution in [2.24, 2.45) is 0 Å². The Balaban J connectivity index is 1.52. The summed E-state index contributed by atoms with van der Waals surface area (Å²) in [6.45, 7) is 4.69. The largest absolute Gasteiger partial charge is 0.264 e. The summed E-state index contributed by atoms with van der Waals surface area (Å²) in [5, 5.41) is 4.98. The smallest absolute Gasteiger partial charge is 0.0353 e. The number of aromatic nitrogens is 1. The monoisotopic (exact) mass is 479 g/mol. The lowest BCUT2D eigenvalue weighted by molar-refractivity contribution is 0.659. The SMILES string of the molecule is CC1(C)c2ccccc2-c2c(Sc3c4ccccc4c(-c4ccccc4)c4cnccc34)cccc21.